The highest BCUT2D eigenvalue weighted by molar-refractivity contribution is 7.15. The Labute approximate surface area is 103 Å². The number of rotatable bonds is 3. The first-order valence-corrected chi connectivity index (χ1v) is 5.96. The van der Waals surface area contributed by atoms with Crippen LogP contribution >= 0.6 is 11.3 Å². The fraction of sp³-hybridized carbons (Fsp3) is 0.273. The number of amides is 1. The van der Waals surface area contributed by atoms with E-state index < -0.39 is 0 Å². The lowest BCUT2D eigenvalue weighted by Gasteiger charge is -1.97. The molecule has 0 aliphatic carbocycles. The number of furan rings is 1. The predicted octanol–water partition coefficient (Wildman–Crippen LogP) is 2.06. The van der Waals surface area contributed by atoms with Crippen molar-refractivity contribution in [2.45, 2.75) is 20.4 Å². The third-order valence-corrected chi connectivity index (χ3v) is 3.32. The highest BCUT2D eigenvalue weighted by Crippen LogP contribution is 2.21. The summed E-state index contributed by atoms with van der Waals surface area (Å²) in [7, 11) is 0. The van der Waals surface area contributed by atoms with Crippen molar-refractivity contribution in [3.63, 3.8) is 0 Å². The quantitative estimate of drug-likeness (QED) is 0.875. The average Bonchev–Trinajstić information content (AvgIpc) is 2.87. The minimum Gasteiger partial charge on any atom is -0.455 e. The molecule has 2 heterocycles. The standard InChI is InChI=1S/C11H13N3O2S/c1-6-7(2)17-11(13-6)14-10(15)9-4-3-8(5-12)16-9/h3-4H,5,12H2,1-2H3,(H,13,14,15). The molecule has 3 N–H and O–H groups in total. The Kier molecular flexibility index (Phi) is 3.26. The number of hydrogen-bond donors (Lipinski definition) is 2. The van der Waals surface area contributed by atoms with Crippen molar-refractivity contribution in [2.75, 3.05) is 5.32 Å². The Balaban J connectivity index is 2.11. The first-order valence-electron chi connectivity index (χ1n) is 5.14. The summed E-state index contributed by atoms with van der Waals surface area (Å²) < 4.78 is 5.24. The molecule has 0 aliphatic rings. The fourth-order valence-corrected chi connectivity index (χ4v) is 2.10. The van der Waals surface area contributed by atoms with Crippen molar-refractivity contribution >= 4 is 22.4 Å². The number of anilines is 1. The lowest BCUT2D eigenvalue weighted by Crippen LogP contribution is -2.10. The zero-order valence-electron chi connectivity index (χ0n) is 9.61. The molecule has 2 aromatic rings. The van der Waals surface area contributed by atoms with Gasteiger partial charge in [-0.05, 0) is 26.0 Å². The minimum atomic E-state index is -0.307. The predicted molar refractivity (Wildman–Crippen MR) is 66.1 cm³/mol. The van der Waals surface area contributed by atoms with Gasteiger partial charge in [0.15, 0.2) is 10.9 Å². The number of carbonyl (C=O) groups is 1. The Morgan fingerprint density at radius 3 is 2.82 bits per heavy atom. The zero-order chi connectivity index (χ0) is 12.4. The number of nitrogens with two attached hydrogens (primary N) is 1. The number of carbonyl (C=O) groups excluding carboxylic acids is 1. The third kappa shape index (κ3) is 2.54. The van der Waals surface area contributed by atoms with Gasteiger partial charge in [-0.3, -0.25) is 10.1 Å². The SMILES string of the molecule is Cc1nc(NC(=O)c2ccc(CN)o2)sc1C. The first-order chi connectivity index (χ1) is 8.10. The molecule has 17 heavy (non-hydrogen) atoms. The normalized spacial score (nSPS) is 10.5. The Morgan fingerprint density at radius 1 is 1.53 bits per heavy atom. The second-order valence-corrected chi connectivity index (χ2v) is 4.79. The van der Waals surface area contributed by atoms with Crippen LogP contribution in [0.25, 0.3) is 0 Å². The summed E-state index contributed by atoms with van der Waals surface area (Å²) in [6, 6.07) is 3.29. The number of nitrogens with zero attached hydrogens (tertiary/aromatic N) is 1. The van der Waals surface area contributed by atoms with Crippen LogP contribution in [0.2, 0.25) is 0 Å². The van der Waals surface area contributed by atoms with E-state index in [1.807, 2.05) is 13.8 Å². The van der Waals surface area contributed by atoms with Crippen LogP contribution in [0.15, 0.2) is 16.5 Å². The molecule has 0 saturated carbocycles. The van der Waals surface area contributed by atoms with Crippen molar-refractivity contribution in [3.05, 3.63) is 34.2 Å². The minimum absolute atomic E-state index is 0.246. The number of hydrogen-bond acceptors (Lipinski definition) is 5. The molecular weight excluding hydrogens is 238 g/mol. The molecule has 0 bridgehead atoms. The van der Waals surface area contributed by atoms with Gasteiger partial charge in [0.1, 0.15) is 5.76 Å². The molecule has 0 radical (unpaired) electrons. The van der Waals surface area contributed by atoms with E-state index in [1.165, 1.54) is 11.3 Å². The second kappa shape index (κ2) is 4.68. The summed E-state index contributed by atoms with van der Waals surface area (Å²) in [5, 5.41) is 3.27. The summed E-state index contributed by atoms with van der Waals surface area (Å²) >= 11 is 1.44. The fourth-order valence-electron chi connectivity index (χ4n) is 1.29. The molecular formula is C11H13N3O2S. The monoisotopic (exact) mass is 251 g/mol. The lowest BCUT2D eigenvalue weighted by molar-refractivity contribution is 0.0995. The maximum atomic E-state index is 11.8. The largest absolute Gasteiger partial charge is 0.455 e. The number of nitrogens with one attached hydrogen (secondary N) is 1. The van der Waals surface area contributed by atoms with E-state index in [9.17, 15) is 4.79 Å². The molecule has 0 aromatic carbocycles. The van der Waals surface area contributed by atoms with Crippen molar-refractivity contribution in [1.82, 2.24) is 4.98 Å². The van der Waals surface area contributed by atoms with Crippen molar-refractivity contribution in [3.8, 4) is 0 Å². The molecule has 0 fully saturated rings. The molecule has 2 aromatic heterocycles. The Hall–Kier alpha value is -1.66. The van der Waals surface area contributed by atoms with Gasteiger partial charge in [-0.1, -0.05) is 0 Å². The Bertz CT molecular complexity index is 525. The van der Waals surface area contributed by atoms with Gasteiger partial charge in [0.2, 0.25) is 0 Å². The summed E-state index contributed by atoms with van der Waals surface area (Å²) in [5.74, 6) is 0.524. The molecule has 0 unspecified atom stereocenters. The summed E-state index contributed by atoms with van der Waals surface area (Å²) in [5.41, 5.74) is 6.33. The van der Waals surface area contributed by atoms with Crippen LogP contribution < -0.4 is 11.1 Å². The van der Waals surface area contributed by atoms with Gasteiger partial charge < -0.3 is 10.2 Å². The summed E-state index contributed by atoms with van der Waals surface area (Å²) in [6.07, 6.45) is 0. The molecule has 0 spiro atoms. The van der Waals surface area contributed by atoms with Gasteiger partial charge in [0.25, 0.3) is 5.91 Å². The smallest absolute Gasteiger partial charge is 0.293 e. The van der Waals surface area contributed by atoms with Crippen molar-refractivity contribution in [1.29, 1.82) is 0 Å². The first kappa shape index (κ1) is 11.8. The Morgan fingerprint density at radius 2 is 2.29 bits per heavy atom. The zero-order valence-corrected chi connectivity index (χ0v) is 10.4. The van der Waals surface area contributed by atoms with E-state index in [-0.39, 0.29) is 18.2 Å². The number of aromatic nitrogens is 1. The molecule has 5 nitrogen and oxygen atoms in total. The molecule has 90 valence electrons. The summed E-state index contributed by atoms with van der Waals surface area (Å²) in [6.45, 7) is 4.14. The van der Waals surface area contributed by atoms with E-state index >= 15 is 0 Å². The van der Waals surface area contributed by atoms with E-state index in [1.54, 1.807) is 12.1 Å². The average molecular weight is 251 g/mol. The van der Waals surface area contributed by atoms with Gasteiger partial charge in [-0.15, -0.1) is 11.3 Å². The maximum Gasteiger partial charge on any atom is 0.293 e. The van der Waals surface area contributed by atoms with Gasteiger partial charge in [0, 0.05) is 4.88 Å². The summed E-state index contributed by atoms with van der Waals surface area (Å²) in [4.78, 5) is 17.1. The number of thiazole rings is 1. The second-order valence-electron chi connectivity index (χ2n) is 3.58. The van der Waals surface area contributed by atoms with Crippen LogP contribution in [0.1, 0.15) is 26.9 Å². The molecule has 6 heteroatoms. The lowest BCUT2D eigenvalue weighted by atomic mass is 10.4. The highest BCUT2D eigenvalue weighted by Gasteiger charge is 2.13. The van der Waals surface area contributed by atoms with E-state index in [0.717, 1.165) is 10.6 Å². The van der Waals surface area contributed by atoms with E-state index in [2.05, 4.69) is 10.3 Å². The topological polar surface area (TPSA) is 81.2 Å². The van der Waals surface area contributed by atoms with Gasteiger partial charge in [-0.2, -0.15) is 0 Å². The van der Waals surface area contributed by atoms with Gasteiger partial charge >= 0.3 is 0 Å². The molecule has 1 amide bonds. The molecule has 2 rings (SSSR count). The van der Waals surface area contributed by atoms with Crippen LogP contribution in [-0.4, -0.2) is 10.9 Å². The molecule has 0 aliphatic heterocycles. The van der Waals surface area contributed by atoms with Crippen molar-refractivity contribution < 1.29 is 9.21 Å². The molecule has 0 saturated heterocycles. The van der Waals surface area contributed by atoms with Crippen LogP contribution in [0.5, 0.6) is 0 Å². The van der Waals surface area contributed by atoms with Gasteiger partial charge in [0.05, 0.1) is 12.2 Å². The van der Waals surface area contributed by atoms with E-state index in [4.69, 9.17) is 10.2 Å². The van der Waals surface area contributed by atoms with Gasteiger partial charge in [-0.25, -0.2) is 4.98 Å². The van der Waals surface area contributed by atoms with Crippen LogP contribution in [0.3, 0.4) is 0 Å². The van der Waals surface area contributed by atoms with Crippen LogP contribution in [-0.2, 0) is 6.54 Å². The third-order valence-electron chi connectivity index (χ3n) is 2.34. The molecule has 0 atom stereocenters. The number of aryl methyl sites for hydroxylation is 2. The maximum absolute atomic E-state index is 11.8. The van der Waals surface area contributed by atoms with Crippen LogP contribution in [0.4, 0.5) is 5.13 Å². The van der Waals surface area contributed by atoms with Crippen LogP contribution in [0, 0.1) is 13.8 Å². The van der Waals surface area contributed by atoms with E-state index in [0.29, 0.717) is 10.9 Å². The highest BCUT2D eigenvalue weighted by atomic mass is 32.1. The van der Waals surface area contributed by atoms with Crippen molar-refractivity contribution in [2.24, 2.45) is 5.73 Å².